The molecule has 0 spiro atoms. The van der Waals surface area contributed by atoms with Crippen LogP contribution >= 0.6 is 0 Å². The number of para-hydroxylation sites is 1. The summed E-state index contributed by atoms with van der Waals surface area (Å²) >= 11 is 0. The van der Waals surface area contributed by atoms with Gasteiger partial charge < -0.3 is 10.6 Å². The van der Waals surface area contributed by atoms with E-state index in [2.05, 4.69) is 15.5 Å². The number of aromatic nitrogens is 4. The third-order valence-electron chi connectivity index (χ3n) is 2.51. The van der Waals surface area contributed by atoms with Gasteiger partial charge in [0.15, 0.2) is 0 Å². The van der Waals surface area contributed by atoms with E-state index in [0.29, 0.717) is 18.9 Å². The third kappa shape index (κ3) is 2.62. The monoisotopic (exact) mass is 245 g/mol. The van der Waals surface area contributed by atoms with Crippen LogP contribution in [0.4, 0.5) is 5.95 Å². The standard InChI is InChI=1S/C11H15N7/c1-17(8-7-10(12)13)11-14-15-16-18(11)9-5-3-2-4-6-9/h2-6H,7-8H2,1H3,(H3,12,13). The summed E-state index contributed by atoms with van der Waals surface area (Å²) in [7, 11) is 1.87. The lowest BCUT2D eigenvalue weighted by atomic mass is 10.3. The van der Waals surface area contributed by atoms with Gasteiger partial charge in [0.2, 0.25) is 5.95 Å². The van der Waals surface area contributed by atoms with Gasteiger partial charge in [-0.05, 0) is 22.6 Å². The maximum Gasteiger partial charge on any atom is 0.250 e. The smallest absolute Gasteiger partial charge is 0.250 e. The fraction of sp³-hybridized carbons (Fsp3) is 0.273. The molecule has 3 N–H and O–H groups in total. The maximum atomic E-state index is 7.22. The van der Waals surface area contributed by atoms with E-state index in [1.807, 2.05) is 42.3 Å². The molecule has 0 bridgehead atoms. The molecule has 1 heterocycles. The van der Waals surface area contributed by atoms with Gasteiger partial charge in [-0.25, -0.2) is 0 Å². The quantitative estimate of drug-likeness (QED) is 0.588. The molecule has 7 nitrogen and oxygen atoms in total. The van der Waals surface area contributed by atoms with E-state index in [1.54, 1.807) is 4.68 Å². The molecule has 0 saturated heterocycles. The number of hydrogen-bond donors (Lipinski definition) is 2. The first-order valence-electron chi connectivity index (χ1n) is 5.56. The lowest BCUT2D eigenvalue weighted by molar-refractivity contribution is 0.772. The van der Waals surface area contributed by atoms with Crippen LogP contribution in [0.2, 0.25) is 0 Å². The number of hydrogen-bond acceptors (Lipinski definition) is 5. The molecular weight excluding hydrogens is 230 g/mol. The summed E-state index contributed by atoms with van der Waals surface area (Å²) in [6.45, 7) is 0.600. The molecule has 0 amide bonds. The van der Waals surface area contributed by atoms with Gasteiger partial charge in [0, 0.05) is 20.0 Å². The summed E-state index contributed by atoms with van der Waals surface area (Å²) in [6.07, 6.45) is 0.484. The molecule has 7 heteroatoms. The molecule has 18 heavy (non-hydrogen) atoms. The Balaban J connectivity index is 2.20. The maximum absolute atomic E-state index is 7.22. The molecule has 0 fully saturated rings. The number of nitrogens with one attached hydrogen (secondary N) is 1. The van der Waals surface area contributed by atoms with E-state index in [-0.39, 0.29) is 5.84 Å². The van der Waals surface area contributed by atoms with E-state index in [0.717, 1.165) is 5.69 Å². The first-order valence-corrected chi connectivity index (χ1v) is 5.56. The van der Waals surface area contributed by atoms with Crippen molar-refractivity contribution in [1.29, 1.82) is 5.41 Å². The second kappa shape index (κ2) is 5.26. The molecule has 0 radical (unpaired) electrons. The lowest BCUT2D eigenvalue weighted by Crippen LogP contribution is -2.26. The van der Waals surface area contributed by atoms with Crippen LogP contribution in [-0.4, -0.2) is 39.6 Å². The molecule has 0 aliphatic carbocycles. The Morgan fingerprint density at radius 1 is 1.39 bits per heavy atom. The summed E-state index contributed by atoms with van der Waals surface area (Å²) in [6, 6.07) is 9.65. The minimum absolute atomic E-state index is 0.153. The second-order valence-electron chi connectivity index (χ2n) is 3.92. The van der Waals surface area contributed by atoms with Gasteiger partial charge in [0.1, 0.15) is 0 Å². The van der Waals surface area contributed by atoms with E-state index in [9.17, 15) is 0 Å². The van der Waals surface area contributed by atoms with Crippen LogP contribution in [0, 0.1) is 5.41 Å². The first-order chi connectivity index (χ1) is 8.68. The topological polar surface area (TPSA) is 96.7 Å². The summed E-state index contributed by atoms with van der Waals surface area (Å²) < 4.78 is 1.65. The van der Waals surface area contributed by atoms with Crippen molar-refractivity contribution in [3.63, 3.8) is 0 Å². The van der Waals surface area contributed by atoms with Gasteiger partial charge in [0.25, 0.3) is 0 Å². The van der Waals surface area contributed by atoms with Gasteiger partial charge in [-0.15, -0.1) is 0 Å². The Morgan fingerprint density at radius 2 is 2.11 bits per heavy atom. The largest absolute Gasteiger partial charge is 0.388 e. The van der Waals surface area contributed by atoms with Gasteiger partial charge in [0.05, 0.1) is 11.5 Å². The highest BCUT2D eigenvalue weighted by atomic mass is 15.6. The number of benzene rings is 1. The molecule has 0 unspecified atom stereocenters. The van der Waals surface area contributed by atoms with E-state index < -0.39 is 0 Å². The van der Waals surface area contributed by atoms with Gasteiger partial charge in [-0.2, -0.15) is 4.68 Å². The Hall–Kier alpha value is -2.44. The Bertz CT molecular complexity index is 519. The highest BCUT2D eigenvalue weighted by Crippen LogP contribution is 2.13. The molecule has 1 aromatic heterocycles. The number of nitrogens with two attached hydrogens (primary N) is 1. The third-order valence-corrected chi connectivity index (χ3v) is 2.51. The molecular formula is C11H15N7. The van der Waals surface area contributed by atoms with E-state index >= 15 is 0 Å². The minimum atomic E-state index is 0.153. The first kappa shape index (κ1) is 12.0. The summed E-state index contributed by atoms with van der Waals surface area (Å²) in [5.74, 6) is 0.781. The number of nitrogens with zero attached hydrogens (tertiary/aromatic N) is 5. The fourth-order valence-corrected chi connectivity index (χ4v) is 1.54. The summed E-state index contributed by atoms with van der Waals surface area (Å²) in [5, 5.41) is 18.9. The highest BCUT2D eigenvalue weighted by Gasteiger charge is 2.12. The number of rotatable bonds is 5. The zero-order chi connectivity index (χ0) is 13.0. The number of anilines is 1. The predicted octanol–water partition coefficient (Wildman–Crippen LogP) is 0.425. The van der Waals surface area contributed by atoms with Crippen LogP contribution in [0.25, 0.3) is 5.69 Å². The molecule has 94 valence electrons. The normalized spacial score (nSPS) is 10.3. The molecule has 2 rings (SSSR count). The van der Waals surface area contributed by atoms with Crippen LogP contribution in [0.3, 0.4) is 0 Å². The van der Waals surface area contributed by atoms with Crippen molar-refractivity contribution in [3.8, 4) is 5.69 Å². The Morgan fingerprint density at radius 3 is 2.78 bits per heavy atom. The second-order valence-corrected chi connectivity index (χ2v) is 3.92. The van der Waals surface area contributed by atoms with Crippen molar-refractivity contribution in [1.82, 2.24) is 20.2 Å². The van der Waals surface area contributed by atoms with E-state index in [1.165, 1.54) is 0 Å². The van der Waals surface area contributed by atoms with E-state index in [4.69, 9.17) is 11.1 Å². The molecule has 0 saturated carbocycles. The van der Waals surface area contributed by atoms with Crippen LogP contribution in [-0.2, 0) is 0 Å². The van der Waals surface area contributed by atoms with Crippen molar-refractivity contribution >= 4 is 11.8 Å². The van der Waals surface area contributed by atoms with Crippen LogP contribution in [0.5, 0.6) is 0 Å². The highest BCUT2D eigenvalue weighted by molar-refractivity contribution is 5.77. The van der Waals surface area contributed by atoms with Gasteiger partial charge in [-0.1, -0.05) is 23.3 Å². The summed E-state index contributed by atoms with van der Waals surface area (Å²) in [4.78, 5) is 1.87. The van der Waals surface area contributed by atoms with Gasteiger partial charge >= 0.3 is 0 Å². The lowest BCUT2D eigenvalue weighted by Gasteiger charge is -2.17. The fourth-order valence-electron chi connectivity index (χ4n) is 1.54. The zero-order valence-electron chi connectivity index (χ0n) is 10.1. The Labute approximate surface area is 105 Å². The average molecular weight is 245 g/mol. The van der Waals surface area contributed by atoms with Crippen molar-refractivity contribution in [2.45, 2.75) is 6.42 Å². The number of amidine groups is 1. The van der Waals surface area contributed by atoms with Crippen LogP contribution in [0.1, 0.15) is 6.42 Å². The van der Waals surface area contributed by atoms with Crippen molar-refractivity contribution in [2.24, 2.45) is 5.73 Å². The van der Waals surface area contributed by atoms with Crippen molar-refractivity contribution in [2.75, 3.05) is 18.5 Å². The van der Waals surface area contributed by atoms with Crippen LogP contribution < -0.4 is 10.6 Å². The molecule has 2 aromatic rings. The van der Waals surface area contributed by atoms with Gasteiger partial charge in [-0.3, -0.25) is 5.41 Å². The molecule has 0 atom stereocenters. The minimum Gasteiger partial charge on any atom is -0.388 e. The van der Waals surface area contributed by atoms with Crippen LogP contribution in [0.15, 0.2) is 30.3 Å². The zero-order valence-corrected chi connectivity index (χ0v) is 10.1. The Kier molecular flexibility index (Phi) is 3.52. The van der Waals surface area contributed by atoms with Crippen molar-refractivity contribution < 1.29 is 0 Å². The number of tetrazole rings is 1. The van der Waals surface area contributed by atoms with Crippen molar-refractivity contribution in [3.05, 3.63) is 30.3 Å². The average Bonchev–Trinajstić information content (AvgIpc) is 2.86. The SMILES string of the molecule is CN(CCC(=N)N)c1nnnn1-c1ccccc1. The predicted molar refractivity (Wildman–Crippen MR) is 69.0 cm³/mol. The molecule has 1 aromatic carbocycles. The molecule has 0 aliphatic rings. The molecule has 0 aliphatic heterocycles. The summed E-state index contributed by atoms with van der Waals surface area (Å²) in [5.41, 5.74) is 6.24.